The molecule has 0 unspecified atom stereocenters. The minimum atomic E-state index is 0.351. The minimum Gasteiger partial charge on any atom is -0.396 e. The van der Waals surface area contributed by atoms with Crippen molar-refractivity contribution in [1.82, 2.24) is 4.90 Å². The van der Waals surface area contributed by atoms with Gasteiger partial charge in [0.05, 0.1) is 0 Å². The summed E-state index contributed by atoms with van der Waals surface area (Å²) < 4.78 is 5.62. The molecular formula is C30H59NO2. The molecule has 33 heavy (non-hydrogen) atoms. The Morgan fingerprint density at radius 2 is 1.18 bits per heavy atom. The van der Waals surface area contributed by atoms with Gasteiger partial charge in [-0.15, -0.1) is 6.58 Å². The molecule has 0 aromatic carbocycles. The summed E-state index contributed by atoms with van der Waals surface area (Å²) in [6.45, 7) is 9.21. The molecule has 0 spiro atoms. The SMILES string of the molecule is C=CC/C=C\CCCCCCCCO.CC/C=C\CCCCCCCCOCCCN(C)C. The van der Waals surface area contributed by atoms with E-state index in [4.69, 9.17) is 9.84 Å². The highest BCUT2D eigenvalue weighted by Crippen LogP contribution is 2.08. The van der Waals surface area contributed by atoms with E-state index in [-0.39, 0.29) is 0 Å². The van der Waals surface area contributed by atoms with Crippen molar-refractivity contribution in [3.63, 3.8) is 0 Å². The van der Waals surface area contributed by atoms with Gasteiger partial charge in [0.1, 0.15) is 0 Å². The fraction of sp³-hybridized carbons (Fsp3) is 0.800. The quantitative estimate of drug-likeness (QED) is 0.115. The molecule has 0 aromatic heterocycles. The third kappa shape index (κ3) is 38.7. The lowest BCUT2D eigenvalue weighted by molar-refractivity contribution is 0.122. The zero-order chi connectivity index (χ0) is 24.7. The number of hydrogen-bond donors (Lipinski definition) is 1. The van der Waals surface area contributed by atoms with Crippen molar-refractivity contribution in [3.8, 4) is 0 Å². The Kier molecular flexibility index (Phi) is 34.6. The van der Waals surface area contributed by atoms with Gasteiger partial charge in [-0.1, -0.05) is 88.7 Å². The van der Waals surface area contributed by atoms with E-state index in [1.807, 2.05) is 6.08 Å². The van der Waals surface area contributed by atoms with Gasteiger partial charge in [-0.3, -0.25) is 0 Å². The number of ether oxygens (including phenoxy) is 1. The van der Waals surface area contributed by atoms with Gasteiger partial charge in [-0.2, -0.15) is 0 Å². The number of hydrogen-bond acceptors (Lipinski definition) is 3. The monoisotopic (exact) mass is 465 g/mol. The lowest BCUT2D eigenvalue weighted by Gasteiger charge is -2.09. The predicted molar refractivity (Wildman–Crippen MR) is 149 cm³/mol. The molecular weight excluding hydrogens is 406 g/mol. The van der Waals surface area contributed by atoms with Gasteiger partial charge in [-0.05, 0) is 78.4 Å². The normalized spacial score (nSPS) is 11.4. The highest BCUT2D eigenvalue weighted by Gasteiger charge is 1.94. The van der Waals surface area contributed by atoms with Gasteiger partial charge in [0.2, 0.25) is 0 Å². The molecule has 0 aliphatic carbocycles. The number of aliphatic hydroxyl groups excluding tert-OH is 1. The number of allylic oxidation sites excluding steroid dienone is 5. The van der Waals surface area contributed by atoms with E-state index in [1.54, 1.807) is 0 Å². The molecule has 0 fully saturated rings. The van der Waals surface area contributed by atoms with Crippen LogP contribution in [0.25, 0.3) is 0 Å². The van der Waals surface area contributed by atoms with E-state index in [0.717, 1.165) is 39.0 Å². The maximum absolute atomic E-state index is 8.57. The van der Waals surface area contributed by atoms with Crippen LogP contribution in [0.5, 0.6) is 0 Å². The smallest absolute Gasteiger partial charge is 0.0478 e. The molecule has 0 aliphatic rings. The Labute approximate surface area is 208 Å². The summed E-state index contributed by atoms with van der Waals surface area (Å²) in [5.74, 6) is 0. The summed E-state index contributed by atoms with van der Waals surface area (Å²) in [6, 6.07) is 0. The van der Waals surface area contributed by atoms with Gasteiger partial charge >= 0.3 is 0 Å². The first kappa shape index (κ1) is 34.3. The van der Waals surface area contributed by atoms with E-state index in [1.165, 1.54) is 89.9 Å². The summed E-state index contributed by atoms with van der Waals surface area (Å²) in [5.41, 5.74) is 0. The minimum absolute atomic E-state index is 0.351. The molecule has 0 atom stereocenters. The zero-order valence-corrected chi connectivity index (χ0v) is 22.7. The second kappa shape index (κ2) is 33.3. The third-order valence-electron chi connectivity index (χ3n) is 5.45. The first-order valence-corrected chi connectivity index (χ1v) is 13.9. The van der Waals surface area contributed by atoms with Crippen LogP contribution in [0.2, 0.25) is 0 Å². The second-order valence-corrected chi connectivity index (χ2v) is 9.19. The first-order chi connectivity index (χ1) is 16.2. The van der Waals surface area contributed by atoms with E-state index < -0.39 is 0 Å². The molecule has 0 saturated heterocycles. The van der Waals surface area contributed by atoms with Crippen LogP contribution in [0.3, 0.4) is 0 Å². The fourth-order valence-electron chi connectivity index (χ4n) is 3.43. The molecule has 0 aliphatic heterocycles. The lowest BCUT2D eigenvalue weighted by atomic mass is 10.1. The summed E-state index contributed by atoms with van der Waals surface area (Å²) >= 11 is 0. The molecule has 1 N–H and O–H groups in total. The van der Waals surface area contributed by atoms with Crippen LogP contribution in [-0.4, -0.2) is 50.5 Å². The number of rotatable bonds is 24. The van der Waals surface area contributed by atoms with Crippen molar-refractivity contribution in [1.29, 1.82) is 0 Å². The molecule has 196 valence electrons. The van der Waals surface area contributed by atoms with Crippen molar-refractivity contribution in [2.45, 2.75) is 116 Å². The predicted octanol–water partition coefficient (Wildman–Crippen LogP) is 8.49. The van der Waals surface area contributed by atoms with Gasteiger partial charge in [-0.25, -0.2) is 0 Å². The van der Waals surface area contributed by atoms with E-state index >= 15 is 0 Å². The van der Waals surface area contributed by atoms with Gasteiger partial charge < -0.3 is 14.7 Å². The van der Waals surface area contributed by atoms with Crippen molar-refractivity contribution in [2.75, 3.05) is 40.5 Å². The summed E-state index contributed by atoms with van der Waals surface area (Å²) in [4.78, 5) is 2.21. The van der Waals surface area contributed by atoms with Crippen molar-refractivity contribution < 1.29 is 9.84 Å². The molecule has 0 saturated carbocycles. The highest BCUT2D eigenvalue weighted by atomic mass is 16.5. The van der Waals surface area contributed by atoms with Gasteiger partial charge in [0, 0.05) is 19.8 Å². The standard InChI is InChI=1S/C17H35NO.C13H24O/c1-4-5-6-7-8-9-10-11-12-13-16-19-17-14-15-18(2)3;1-2-3-4-5-6-7-8-9-10-11-12-13-14/h5-6H,4,7-17H2,1-3H3;2,4-5,14H,1,3,6-13H2/b6-5-;5-4-. The topological polar surface area (TPSA) is 32.7 Å². The second-order valence-electron chi connectivity index (χ2n) is 9.19. The lowest BCUT2D eigenvalue weighted by Crippen LogP contribution is -2.14. The van der Waals surface area contributed by atoms with E-state index in [0.29, 0.717) is 6.61 Å². The highest BCUT2D eigenvalue weighted by molar-refractivity contribution is 4.88. The first-order valence-electron chi connectivity index (χ1n) is 13.9. The van der Waals surface area contributed by atoms with E-state index in [2.05, 4.69) is 56.8 Å². The van der Waals surface area contributed by atoms with Crippen LogP contribution in [0.4, 0.5) is 0 Å². The maximum Gasteiger partial charge on any atom is 0.0478 e. The maximum atomic E-state index is 8.57. The number of unbranched alkanes of at least 4 members (excludes halogenated alkanes) is 12. The Balaban J connectivity index is 0. The average molecular weight is 466 g/mol. The molecule has 0 bridgehead atoms. The Hall–Kier alpha value is -0.900. The third-order valence-corrected chi connectivity index (χ3v) is 5.45. The molecule has 0 rings (SSSR count). The Bertz CT molecular complexity index is 404. The Morgan fingerprint density at radius 1 is 0.667 bits per heavy atom. The van der Waals surface area contributed by atoms with Crippen molar-refractivity contribution in [3.05, 3.63) is 37.0 Å². The van der Waals surface area contributed by atoms with Crippen molar-refractivity contribution >= 4 is 0 Å². The van der Waals surface area contributed by atoms with E-state index in [9.17, 15) is 0 Å². The zero-order valence-electron chi connectivity index (χ0n) is 22.7. The van der Waals surface area contributed by atoms with Crippen LogP contribution in [0.15, 0.2) is 37.0 Å². The average Bonchev–Trinajstić information content (AvgIpc) is 2.81. The van der Waals surface area contributed by atoms with Crippen LogP contribution >= 0.6 is 0 Å². The van der Waals surface area contributed by atoms with Crippen molar-refractivity contribution in [2.24, 2.45) is 0 Å². The molecule has 3 heteroatoms. The Morgan fingerprint density at radius 3 is 1.73 bits per heavy atom. The molecule has 3 nitrogen and oxygen atoms in total. The van der Waals surface area contributed by atoms with Crippen LogP contribution in [-0.2, 0) is 4.74 Å². The summed E-state index contributed by atoms with van der Waals surface area (Å²) in [7, 11) is 4.22. The summed E-state index contributed by atoms with van der Waals surface area (Å²) in [5, 5.41) is 8.57. The summed E-state index contributed by atoms with van der Waals surface area (Å²) in [6.07, 6.45) is 32.2. The van der Waals surface area contributed by atoms with Crippen LogP contribution in [0, 0.1) is 0 Å². The fourth-order valence-corrected chi connectivity index (χ4v) is 3.43. The molecule has 0 radical (unpaired) electrons. The molecule has 0 aromatic rings. The van der Waals surface area contributed by atoms with Crippen LogP contribution in [0.1, 0.15) is 116 Å². The molecule has 0 amide bonds. The molecule has 0 heterocycles. The largest absolute Gasteiger partial charge is 0.396 e. The number of aliphatic hydroxyl groups is 1. The van der Waals surface area contributed by atoms with Gasteiger partial charge in [0.25, 0.3) is 0 Å². The van der Waals surface area contributed by atoms with Gasteiger partial charge in [0.15, 0.2) is 0 Å². The van der Waals surface area contributed by atoms with Crippen LogP contribution < -0.4 is 0 Å². The number of nitrogens with zero attached hydrogens (tertiary/aromatic N) is 1.